The fourth-order valence-electron chi connectivity index (χ4n) is 3.55. The standard InChI is InChI=1S/C17H36N2O/c1-9-14(8)10-19-17(13(6)7,16(18)20)15(11(2)3)12(4)5/h11-15,19H,9-10H2,1-8H3,(H2,18,20). The summed E-state index contributed by atoms with van der Waals surface area (Å²) in [5, 5.41) is 3.57. The van der Waals surface area contributed by atoms with Gasteiger partial charge in [0, 0.05) is 0 Å². The van der Waals surface area contributed by atoms with Crippen molar-refractivity contribution in [2.75, 3.05) is 6.54 Å². The van der Waals surface area contributed by atoms with Crippen molar-refractivity contribution in [2.24, 2.45) is 35.3 Å². The van der Waals surface area contributed by atoms with Gasteiger partial charge in [0.25, 0.3) is 0 Å². The van der Waals surface area contributed by atoms with E-state index in [0.717, 1.165) is 13.0 Å². The van der Waals surface area contributed by atoms with E-state index in [1.54, 1.807) is 0 Å². The third-order valence-electron chi connectivity index (χ3n) is 4.72. The van der Waals surface area contributed by atoms with E-state index in [1.165, 1.54) is 0 Å². The summed E-state index contributed by atoms with van der Waals surface area (Å²) in [5.41, 5.74) is 5.26. The second-order valence-corrected chi connectivity index (χ2v) is 7.30. The number of nitrogens with one attached hydrogen (secondary N) is 1. The molecule has 0 aliphatic heterocycles. The summed E-state index contributed by atoms with van der Waals surface area (Å²) in [4.78, 5) is 12.4. The number of hydrogen-bond acceptors (Lipinski definition) is 2. The summed E-state index contributed by atoms with van der Waals surface area (Å²) in [7, 11) is 0. The minimum atomic E-state index is -0.619. The van der Waals surface area contributed by atoms with Crippen LogP contribution in [0.15, 0.2) is 0 Å². The van der Waals surface area contributed by atoms with E-state index in [0.29, 0.717) is 17.8 Å². The number of amides is 1. The number of carbonyl (C=O) groups excluding carboxylic acids is 1. The Balaban J connectivity index is 5.57. The van der Waals surface area contributed by atoms with E-state index in [1.807, 2.05) is 0 Å². The minimum absolute atomic E-state index is 0.179. The van der Waals surface area contributed by atoms with Crippen molar-refractivity contribution in [1.29, 1.82) is 0 Å². The molecule has 120 valence electrons. The molecule has 0 fully saturated rings. The Bertz CT molecular complexity index is 291. The molecule has 0 aromatic carbocycles. The molecule has 0 spiro atoms. The topological polar surface area (TPSA) is 55.1 Å². The van der Waals surface area contributed by atoms with Crippen LogP contribution in [0.3, 0.4) is 0 Å². The SMILES string of the molecule is CCC(C)CNC(C(N)=O)(C(C)C)C(C(C)C)C(C)C. The van der Waals surface area contributed by atoms with Gasteiger partial charge in [0.05, 0.1) is 0 Å². The monoisotopic (exact) mass is 284 g/mol. The molecule has 0 aromatic heterocycles. The van der Waals surface area contributed by atoms with Crippen molar-refractivity contribution in [3.05, 3.63) is 0 Å². The van der Waals surface area contributed by atoms with Crippen molar-refractivity contribution in [3.8, 4) is 0 Å². The van der Waals surface area contributed by atoms with Crippen LogP contribution in [0.25, 0.3) is 0 Å². The Kier molecular flexibility index (Phi) is 7.79. The summed E-state index contributed by atoms with van der Waals surface area (Å²) < 4.78 is 0. The lowest BCUT2D eigenvalue weighted by Crippen LogP contribution is -2.66. The molecule has 3 nitrogen and oxygen atoms in total. The zero-order valence-corrected chi connectivity index (χ0v) is 14.8. The number of carbonyl (C=O) groups is 1. The predicted octanol–water partition coefficient (Wildman–Crippen LogP) is 3.43. The number of rotatable bonds is 9. The van der Waals surface area contributed by atoms with Crippen LogP contribution in [0.4, 0.5) is 0 Å². The predicted molar refractivity (Wildman–Crippen MR) is 87.4 cm³/mol. The zero-order chi connectivity index (χ0) is 16.1. The van der Waals surface area contributed by atoms with E-state index >= 15 is 0 Å². The Morgan fingerprint density at radius 2 is 1.50 bits per heavy atom. The Morgan fingerprint density at radius 3 is 1.75 bits per heavy atom. The average Bonchev–Trinajstić information content (AvgIpc) is 2.31. The van der Waals surface area contributed by atoms with Crippen molar-refractivity contribution in [2.45, 2.75) is 67.3 Å². The lowest BCUT2D eigenvalue weighted by molar-refractivity contribution is -0.131. The first-order valence-corrected chi connectivity index (χ1v) is 8.16. The third kappa shape index (κ3) is 4.21. The van der Waals surface area contributed by atoms with Gasteiger partial charge < -0.3 is 11.1 Å². The van der Waals surface area contributed by atoms with Gasteiger partial charge in [0.2, 0.25) is 5.91 Å². The summed E-state index contributed by atoms with van der Waals surface area (Å²) in [6, 6.07) is 0. The number of nitrogens with two attached hydrogens (primary N) is 1. The molecule has 20 heavy (non-hydrogen) atoms. The van der Waals surface area contributed by atoms with Crippen molar-refractivity contribution >= 4 is 5.91 Å². The first-order valence-electron chi connectivity index (χ1n) is 8.16. The maximum Gasteiger partial charge on any atom is 0.238 e. The molecule has 0 heterocycles. The molecule has 3 heteroatoms. The van der Waals surface area contributed by atoms with Gasteiger partial charge in [-0.15, -0.1) is 0 Å². The zero-order valence-electron chi connectivity index (χ0n) is 14.8. The molecule has 2 unspecified atom stereocenters. The molecule has 0 bridgehead atoms. The van der Waals surface area contributed by atoms with Gasteiger partial charge in [0.15, 0.2) is 0 Å². The normalized spacial score (nSPS) is 17.0. The molecule has 0 aliphatic rings. The van der Waals surface area contributed by atoms with Gasteiger partial charge in [-0.3, -0.25) is 4.79 Å². The van der Waals surface area contributed by atoms with Crippen molar-refractivity contribution in [1.82, 2.24) is 5.32 Å². The largest absolute Gasteiger partial charge is 0.368 e. The van der Waals surface area contributed by atoms with Crippen LogP contribution in [0.1, 0.15) is 61.8 Å². The average molecular weight is 284 g/mol. The molecular formula is C17H36N2O. The van der Waals surface area contributed by atoms with Gasteiger partial charge in [-0.05, 0) is 36.1 Å². The van der Waals surface area contributed by atoms with Gasteiger partial charge in [0.1, 0.15) is 5.54 Å². The Morgan fingerprint density at radius 1 is 1.05 bits per heavy atom. The molecule has 0 aromatic rings. The van der Waals surface area contributed by atoms with E-state index in [9.17, 15) is 4.79 Å². The van der Waals surface area contributed by atoms with E-state index in [4.69, 9.17) is 5.73 Å². The first kappa shape index (κ1) is 19.4. The summed E-state index contributed by atoms with van der Waals surface area (Å²) in [6.07, 6.45) is 1.11. The highest BCUT2D eigenvalue weighted by Gasteiger charge is 2.48. The molecule has 3 N–H and O–H groups in total. The Labute approximate surface area is 126 Å². The van der Waals surface area contributed by atoms with E-state index in [2.05, 4.69) is 60.7 Å². The first-order chi connectivity index (χ1) is 9.11. The maximum absolute atomic E-state index is 12.4. The van der Waals surface area contributed by atoms with Crippen LogP contribution in [0.5, 0.6) is 0 Å². The lowest BCUT2D eigenvalue weighted by atomic mass is 9.65. The van der Waals surface area contributed by atoms with Gasteiger partial charge in [-0.25, -0.2) is 0 Å². The highest BCUT2D eigenvalue weighted by atomic mass is 16.1. The second-order valence-electron chi connectivity index (χ2n) is 7.30. The summed E-state index contributed by atoms with van der Waals surface area (Å²) >= 11 is 0. The number of hydrogen-bond donors (Lipinski definition) is 2. The molecule has 0 aliphatic carbocycles. The molecule has 2 atom stereocenters. The molecule has 0 saturated carbocycles. The van der Waals surface area contributed by atoms with Crippen LogP contribution >= 0.6 is 0 Å². The van der Waals surface area contributed by atoms with Gasteiger partial charge in [-0.1, -0.05) is 61.8 Å². The molecule has 0 radical (unpaired) electrons. The quantitative estimate of drug-likeness (QED) is 0.681. The molecule has 0 rings (SSSR count). The fraction of sp³-hybridized carbons (Fsp3) is 0.941. The fourth-order valence-corrected chi connectivity index (χ4v) is 3.55. The van der Waals surface area contributed by atoms with Gasteiger partial charge in [-0.2, -0.15) is 0 Å². The summed E-state index contributed by atoms with van der Waals surface area (Å²) in [5.74, 6) is 1.59. The molecule has 0 saturated heterocycles. The Hall–Kier alpha value is -0.570. The molecule has 1 amide bonds. The lowest BCUT2D eigenvalue weighted by Gasteiger charge is -2.47. The van der Waals surface area contributed by atoms with Crippen LogP contribution in [-0.2, 0) is 4.79 Å². The van der Waals surface area contributed by atoms with E-state index in [-0.39, 0.29) is 17.7 Å². The summed E-state index contributed by atoms with van der Waals surface area (Å²) in [6.45, 7) is 18.2. The second kappa shape index (κ2) is 8.02. The highest BCUT2D eigenvalue weighted by Crippen LogP contribution is 2.37. The highest BCUT2D eigenvalue weighted by molar-refractivity contribution is 5.85. The minimum Gasteiger partial charge on any atom is -0.368 e. The maximum atomic E-state index is 12.4. The van der Waals surface area contributed by atoms with E-state index < -0.39 is 5.54 Å². The van der Waals surface area contributed by atoms with Crippen LogP contribution < -0.4 is 11.1 Å². The van der Waals surface area contributed by atoms with Crippen molar-refractivity contribution in [3.63, 3.8) is 0 Å². The van der Waals surface area contributed by atoms with Gasteiger partial charge >= 0.3 is 0 Å². The van der Waals surface area contributed by atoms with Crippen molar-refractivity contribution < 1.29 is 4.79 Å². The third-order valence-corrected chi connectivity index (χ3v) is 4.72. The smallest absolute Gasteiger partial charge is 0.238 e. The van der Waals surface area contributed by atoms with Crippen LogP contribution in [-0.4, -0.2) is 18.0 Å². The number of primary amides is 1. The molecular weight excluding hydrogens is 248 g/mol. The van der Waals surface area contributed by atoms with Crippen LogP contribution in [0.2, 0.25) is 0 Å². The van der Waals surface area contributed by atoms with Crippen LogP contribution in [0, 0.1) is 29.6 Å².